The van der Waals surface area contributed by atoms with Crippen molar-refractivity contribution in [3.05, 3.63) is 54.1 Å². The summed E-state index contributed by atoms with van der Waals surface area (Å²) in [6, 6.07) is 16.7. The molecule has 5 nitrogen and oxygen atoms in total. The molecule has 5 heteroatoms. The Bertz CT molecular complexity index is 906. The molecule has 4 rings (SSSR count). The molecule has 0 atom stereocenters. The number of nitrogens with zero attached hydrogens (tertiary/aromatic N) is 2. The first-order valence-corrected chi connectivity index (χ1v) is 9.72. The van der Waals surface area contributed by atoms with E-state index in [1.165, 1.54) is 32.1 Å². The number of ether oxygens (including phenoxy) is 1. The van der Waals surface area contributed by atoms with Crippen molar-refractivity contribution in [1.29, 1.82) is 0 Å². The number of rotatable bonds is 6. The molecule has 0 radical (unpaired) electrons. The van der Waals surface area contributed by atoms with Crippen LogP contribution in [-0.4, -0.2) is 23.1 Å². The van der Waals surface area contributed by atoms with Crippen molar-refractivity contribution in [3.63, 3.8) is 0 Å². The highest BCUT2D eigenvalue weighted by Crippen LogP contribution is 2.27. The van der Waals surface area contributed by atoms with Gasteiger partial charge in [-0.2, -0.15) is 4.98 Å². The van der Waals surface area contributed by atoms with Crippen molar-refractivity contribution in [1.82, 2.24) is 9.97 Å². The van der Waals surface area contributed by atoms with Crippen molar-refractivity contribution < 1.29 is 4.74 Å². The number of fused-ring (bicyclic) bond motifs is 1. The van der Waals surface area contributed by atoms with Gasteiger partial charge in [0, 0.05) is 23.5 Å². The molecular weight excluding hydrogens is 336 g/mol. The normalized spacial score (nSPS) is 14.9. The van der Waals surface area contributed by atoms with Crippen LogP contribution in [0.3, 0.4) is 0 Å². The minimum absolute atomic E-state index is 0.499. The lowest BCUT2D eigenvalue weighted by Crippen LogP contribution is -2.23. The van der Waals surface area contributed by atoms with Gasteiger partial charge in [-0.1, -0.05) is 49.6 Å². The summed E-state index contributed by atoms with van der Waals surface area (Å²) in [5, 5.41) is 8.11. The Morgan fingerprint density at radius 1 is 0.963 bits per heavy atom. The van der Waals surface area contributed by atoms with Crippen LogP contribution in [0.5, 0.6) is 5.75 Å². The van der Waals surface area contributed by atoms with Gasteiger partial charge in [0.1, 0.15) is 11.6 Å². The number of benzene rings is 2. The molecule has 1 saturated carbocycles. The van der Waals surface area contributed by atoms with Crippen LogP contribution < -0.4 is 15.4 Å². The van der Waals surface area contributed by atoms with E-state index in [1.807, 2.05) is 42.5 Å². The van der Waals surface area contributed by atoms with E-state index in [2.05, 4.69) is 16.7 Å². The number of methoxy groups -OCH3 is 1. The zero-order valence-electron chi connectivity index (χ0n) is 15.7. The molecule has 1 heterocycles. The Morgan fingerprint density at radius 3 is 2.59 bits per heavy atom. The average molecular weight is 362 g/mol. The topological polar surface area (TPSA) is 59.1 Å². The third-order valence-electron chi connectivity index (χ3n) is 5.18. The Kier molecular flexibility index (Phi) is 5.37. The fourth-order valence-corrected chi connectivity index (χ4v) is 3.73. The van der Waals surface area contributed by atoms with Gasteiger partial charge in [-0.15, -0.1) is 0 Å². The van der Waals surface area contributed by atoms with Gasteiger partial charge in [0.2, 0.25) is 5.95 Å². The molecule has 1 aliphatic rings. The maximum absolute atomic E-state index is 5.44. The second-order valence-corrected chi connectivity index (χ2v) is 7.06. The van der Waals surface area contributed by atoms with Crippen LogP contribution in [0.25, 0.3) is 10.9 Å². The van der Waals surface area contributed by atoms with Crippen LogP contribution in [0.15, 0.2) is 48.5 Å². The van der Waals surface area contributed by atoms with Crippen LogP contribution in [-0.2, 0) is 6.54 Å². The third kappa shape index (κ3) is 4.13. The molecule has 0 aliphatic heterocycles. The molecule has 0 unspecified atom stereocenters. The fourth-order valence-electron chi connectivity index (χ4n) is 3.73. The van der Waals surface area contributed by atoms with Crippen LogP contribution in [0.4, 0.5) is 11.8 Å². The first-order chi connectivity index (χ1) is 13.3. The maximum atomic E-state index is 5.44. The van der Waals surface area contributed by atoms with Gasteiger partial charge in [-0.25, -0.2) is 4.98 Å². The zero-order chi connectivity index (χ0) is 18.5. The van der Waals surface area contributed by atoms with E-state index in [9.17, 15) is 0 Å². The first-order valence-electron chi connectivity index (χ1n) is 9.72. The standard InChI is InChI=1S/C22H26N4O/c1-27-20-14-8-5-9-16(20)15-23-22-25-19-13-7-6-12-18(19)21(26-22)24-17-10-3-2-4-11-17/h5-9,12-14,17H,2-4,10-11,15H2,1H3,(H2,23,24,25,26). The molecule has 1 aliphatic carbocycles. The van der Waals surface area contributed by atoms with E-state index in [0.29, 0.717) is 18.5 Å². The second-order valence-electron chi connectivity index (χ2n) is 7.06. The lowest BCUT2D eigenvalue weighted by Gasteiger charge is -2.24. The minimum atomic E-state index is 0.499. The number of hydrogen-bond donors (Lipinski definition) is 2. The van der Waals surface area contributed by atoms with Gasteiger partial charge < -0.3 is 15.4 Å². The quantitative estimate of drug-likeness (QED) is 0.646. The smallest absolute Gasteiger partial charge is 0.225 e. The third-order valence-corrected chi connectivity index (χ3v) is 5.18. The highest BCUT2D eigenvalue weighted by Gasteiger charge is 2.16. The highest BCUT2D eigenvalue weighted by atomic mass is 16.5. The SMILES string of the molecule is COc1ccccc1CNc1nc(NC2CCCCC2)c2ccccc2n1. The van der Waals surface area contributed by atoms with E-state index in [1.54, 1.807) is 7.11 Å². The van der Waals surface area contributed by atoms with Crippen LogP contribution >= 0.6 is 0 Å². The number of hydrogen-bond acceptors (Lipinski definition) is 5. The molecule has 2 aromatic carbocycles. The number of para-hydroxylation sites is 2. The highest BCUT2D eigenvalue weighted by molar-refractivity contribution is 5.90. The summed E-state index contributed by atoms with van der Waals surface area (Å²) >= 11 is 0. The van der Waals surface area contributed by atoms with Crippen LogP contribution in [0.2, 0.25) is 0 Å². The molecule has 3 aromatic rings. The summed E-state index contributed by atoms with van der Waals surface area (Å²) in [7, 11) is 1.69. The minimum Gasteiger partial charge on any atom is -0.496 e. The molecule has 27 heavy (non-hydrogen) atoms. The van der Waals surface area contributed by atoms with Crippen molar-refractivity contribution in [2.45, 2.75) is 44.7 Å². The van der Waals surface area contributed by atoms with Crippen LogP contribution in [0, 0.1) is 0 Å². The molecule has 0 spiro atoms. The molecule has 140 valence electrons. The summed E-state index contributed by atoms with van der Waals surface area (Å²) in [6.07, 6.45) is 6.35. The van der Waals surface area contributed by atoms with Gasteiger partial charge in [0.05, 0.1) is 12.6 Å². The molecule has 0 amide bonds. The average Bonchev–Trinajstić information content (AvgIpc) is 2.73. The summed E-state index contributed by atoms with van der Waals surface area (Å²) < 4.78 is 5.44. The van der Waals surface area contributed by atoms with Crippen molar-refractivity contribution in [2.24, 2.45) is 0 Å². The van der Waals surface area contributed by atoms with Gasteiger partial charge in [0.25, 0.3) is 0 Å². The molecule has 0 saturated heterocycles. The summed E-state index contributed by atoms with van der Waals surface area (Å²) in [5.74, 6) is 2.43. The molecule has 1 aromatic heterocycles. The lowest BCUT2D eigenvalue weighted by atomic mass is 9.95. The van der Waals surface area contributed by atoms with Gasteiger partial charge >= 0.3 is 0 Å². The Hall–Kier alpha value is -2.82. The van der Waals surface area contributed by atoms with E-state index < -0.39 is 0 Å². The summed E-state index contributed by atoms with van der Waals surface area (Å²) in [4.78, 5) is 9.49. The predicted molar refractivity (Wildman–Crippen MR) is 110 cm³/mol. The fraction of sp³-hybridized carbons (Fsp3) is 0.364. The molecule has 2 N–H and O–H groups in total. The van der Waals surface area contributed by atoms with E-state index >= 15 is 0 Å². The maximum Gasteiger partial charge on any atom is 0.225 e. The van der Waals surface area contributed by atoms with Crippen LogP contribution in [0.1, 0.15) is 37.7 Å². The first kappa shape index (κ1) is 17.6. The van der Waals surface area contributed by atoms with Crippen molar-refractivity contribution >= 4 is 22.7 Å². The van der Waals surface area contributed by atoms with Gasteiger partial charge in [0.15, 0.2) is 0 Å². The van der Waals surface area contributed by atoms with Crippen molar-refractivity contribution in [3.8, 4) is 5.75 Å². The zero-order valence-corrected chi connectivity index (χ0v) is 15.7. The Labute approximate surface area is 160 Å². The predicted octanol–water partition coefficient (Wildman–Crippen LogP) is 5.00. The Balaban J connectivity index is 1.59. The largest absolute Gasteiger partial charge is 0.496 e. The Morgan fingerprint density at radius 2 is 1.74 bits per heavy atom. The second kappa shape index (κ2) is 8.25. The van der Waals surface area contributed by atoms with Gasteiger partial charge in [-0.05, 0) is 31.0 Å². The molecular formula is C22H26N4O. The summed E-state index contributed by atoms with van der Waals surface area (Å²) in [5.41, 5.74) is 2.03. The van der Waals surface area contributed by atoms with Gasteiger partial charge in [-0.3, -0.25) is 0 Å². The van der Waals surface area contributed by atoms with E-state index in [-0.39, 0.29) is 0 Å². The molecule has 1 fully saturated rings. The van der Waals surface area contributed by atoms with E-state index in [0.717, 1.165) is 28.0 Å². The number of anilines is 2. The number of aromatic nitrogens is 2. The summed E-state index contributed by atoms with van der Waals surface area (Å²) in [6.45, 7) is 0.616. The lowest BCUT2D eigenvalue weighted by molar-refractivity contribution is 0.410. The van der Waals surface area contributed by atoms with E-state index in [4.69, 9.17) is 14.7 Å². The van der Waals surface area contributed by atoms with Crippen molar-refractivity contribution in [2.75, 3.05) is 17.7 Å². The molecule has 0 bridgehead atoms. The number of nitrogens with one attached hydrogen (secondary N) is 2. The monoisotopic (exact) mass is 362 g/mol.